The molecule has 1 amide bonds. The zero-order valence-electron chi connectivity index (χ0n) is 10.3. The monoisotopic (exact) mass is 320 g/mol. The largest absolute Gasteiger partial charge is 0.322 e. The maximum atomic E-state index is 12.2. The van der Waals surface area contributed by atoms with Gasteiger partial charge in [0.15, 0.2) is 0 Å². The minimum absolute atomic E-state index is 0.235. The number of aromatic nitrogens is 1. The number of anilines is 2. The molecule has 0 spiro atoms. The highest BCUT2D eigenvalue weighted by Gasteiger charge is 2.12. The second-order valence-electron chi connectivity index (χ2n) is 3.98. The second-order valence-corrected chi connectivity index (χ2v) is 4.89. The van der Waals surface area contributed by atoms with E-state index >= 15 is 0 Å². The summed E-state index contributed by atoms with van der Waals surface area (Å²) < 4.78 is 0.969. The van der Waals surface area contributed by atoms with Gasteiger partial charge in [0, 0.05) is 16.4 Å². The lowest BCUT2D eigenvalue weighted by molar-refractivity contribution is 0.102. The van der Waals surface area contributed by atoms with Crippen LogP contribution in [-0.2, 0) is 0 Å². The Hall–Kier alpha value is -1.92. The third kappa shape index (κ3) is 3.10. The Balaban J connectivity index is 2.26. The van der Waals surface area contributed by atoms with Crippen LogP contribution in [0.2, 0.25) is 0 Å². The number of pyridine rings is 1. The number of hydrazine groups is 1. The Morgan fingerprint density at radius 1 is 1.32 bits per heavy atom. The molecule has 6 heteroatoms. The predicted octanol–water partition coefficient (Wildman–Crippen LogP) is 2.69. The van der Waals surface area contributed by atoms with Gasteiger partial charge in [-0.2, -0.15) is 0 Å². The van der Waals surface area contributed by atoms with Crippen LogP contribution in [0.3, 0.4) is 0 Å². The van der Waals surface area contributed by atoms with Gasteiger partial charge in [-0.15, -0.1) is 0 Å². The summed E-state index contributed by atoms with van der Waals surface area (Å²) in [6.45, 7) is 1.93. The molecule has 2 aromatic rings. The van der Waals surface area contributed by atoms with Crippen LogP contribution >= 0.6 is 15.9 Å². The topological polar surface area (TPSA) is 80.0 Å². The van der Waals surface area contributed by atoms with Crippen LogP contribution in [0.15, 0.2) is 41.1 Å². The van der Waals surface area contributed by atoms with Crippen molar-refractivity contribution in [1.82, 2.24) is 4.98 Å². The van der Waals surface area contributed by atoms with Crippen LogP contribution in [0.1, 0.15) is 15.9 Å². The molecule has 1 heterocycles. The van der Waals surface area contributed by atoms with Crippen molar-refractivity contribution in [3.63, 3.8) is 0 Å². The third-order valence-corrected chi connectivity index (χ3v) is 3.15. The van der Waals surface area contributed by atoms with Gasteiger partial charge in [0.1, 0.15) is 0 Å². The van der Waals surface area contributed by atoms with Crippen LogP contribution in [-0.4, -0.2) is 10.9 Å². The molecule has 0 bridgehead atoms. The Morgan fingerprint density at radius 3 is 2.79 bits per heavy atom. The fourth-order valence-electron chi connectivity index (χ4n) is 1.66. The molecular formula is C13H13BrN4O. The molecule has 5 nitrogen and oxygen atoms in total. The second kappa shape index (κ2) is 5.81. The summed E-state index contributed by atoms with van der Waals surface area (Å²) in [6.07, 6.45) is 3.05. The highest BCUT2D eigenvalue weighted by atomic mass is 79.9. The number of aryl methyl sites for hydroxylation is 1. The average molecular weight is 321 g/mol. The van der Waals surface area contributed by atoms with E-state index in [9.17, 15) is 4.79 Å². The summed E-state index contributed by atoms with van der Waals surface area (Å²) in [4.78, 5) is 16.1. The van der Waals surface area contributed by atoms with E-state index in [1.165, 1.54) is 6.20 Å². The lowest BCUT2D eigenvalue weighted by atomic mass is 10.1. The van der Waals surface area contributed by atoms with Gasteiger partial charge in [-0.05, 0) is 36.8 Å². The van der Waals surface area contributed by atoms with E-state index in [1.54, 1.807) is 12.3 Å². The quantitative estimate of drug-likeness (QED) is 0.600. The van der Waals surface area contributed by atoms with Crippen LogP contribution in [0.5, 0.6) is 0 Å². The van der Waals surface area contributed by atoms with Gasteiger partial charge in [0.2, 0.25) is 0 Å². The average Bonchev–Trinajstić information content (AvgIpc) is 2.41. The summed E-state index contributed by atoms with van der Waals surface area (Å²) in [5.74, 6) is 5.12. The maximum absolute atomic E-state index is 12.2. The van der Waals surface area contributed by atoms with Gasteiger partial charge in [-0.25, -0.2) is 0 Å². The molecule has 2 rings (SSSR count). The van der Waals surface area contributed by atoms with Crippen molar-refractivity contribution in [2.45, 2.75) is 6.92 Å². The molecule has 1 aromatic heterocycles. The smallest absolute Gasteiger partial charge is 0.257 e. The van der Waals surface area contributed by atoms with Crippen molar-refractivity contribution in [3.05, 3.63) is 52.3 Å². The molecule has 0 aliphatic rings. The first kappa shape index (κ1) is 13.5. The Bertz CT molecular complexity index is 615. The number of hydrogen-bond acceptors (Lipinski definition) is 4. The fourth-order valence-corrected chi connectivity index (χ4v) is 2.14. The molecule has 0 radical (unpaired) electrons. The summed E-state index contributed by atoms with van der Waals surface area (Å²) in [5, 5.41) is 2.85. The Morgan fingerprint density at radius 2 is 2.11 bits per heavy atom. The summed E-state index contributed by atoms with van der Waals surface area (Å²) in [6, 6.07) is 7.26. The zero-order chi connectivity index (χ0) is 13.8. The highest BCUT2D eigenvalue weighted by Crippen LogP contribution is 2.21. The highest BCUT2D eigenvalue weighted by molar-refractivity contribution is 9.10. The van der Waals surface area contributed by atoms with Gasteiger partial charge in [-0.1, -0.05) is 15.9 Å². The number of amides is 1. The Labute approximate surface area is 119 Å². The molecule has 0 saturated carbocycles. The molecule has 0 saturated heterocycles. The number of nitrogen functional groups attached to an aromatic ring is 1. The first-order valence-corrected chi connectivity index (χ1v) is 6.39. The van der Waals surface area contributed by atoms with Gasteiger partial charge in [-0.3, -0.25) is 15.6 Å². The number of carbonyl (C=O) groups is 1. The predicted molar refractivity (Wildman–Crippen MR) is 78.9 cm³/mol. The number of carbonyl (C=O) groups excluding carboxylic acids is 1. The van der Waals surface area contributed by atoms with E-state index < -0.39 is 0 Å². The molecule has 1 aromatic carbocycles. The summed E-state index contributed by atoms with van der Waals surface area (Å²) >= 11 is 3.38. The summed E-state index contributed by atoms with van der Waals surface area (Å²) in [7, 11) is 0. The van der Waals surface area contributed by atoms with Crippen molar-refractivity contribution < 1.29 is 4.79 Å². The van der Waals surface area contributed by atoms with Gasteiger partial charge in [0.05, 0.1) is 17.4 Å². The number of nitrogens with one attached hydrogen (secondary N) is 2. The van der Waals surface area contributed by atoms with Crippen LogP contribution in [0, 0.1) is 6.92 Å². The van der Waals surface area contributed by atoms with Crippen molar-refractivity contribution in [3.8, 4) is 0 Å². The number of benzene rings is 1. The van der Waals surface area contributed by atoms with Crippen LogP contribution < -0.4 is 16.6 Å². The molecule has 0 aliphatic carbocycles. The van der Waals surface area contributed by atoms with Crippen molar-refractivity contribution in [2.24, 2.45) is 5.84 Å². The van der Waals surface area contributed by atoms with Gasteiger partial charge < -0.3 is 10.7 Å². The molecule has 0 fully saturated rings. The standard InChI is InChI=1S/C13H13BrN4O/c1-8-6-9(14)2-3-11(8)17-13(19)10-4-5-16-7-12(10)18-15/h2-7,18H,15H2,1H3,(H,17,19). The van der Waals surface area contributed by atoms with Crippen molar-refractivity contribution in [1.29, 1.82) is 0 Å². The Kier molecular flexibility index (Phi) is 4.13. The number of nitrogens with two attached hydrogens (primary N) is 1. The fraction of sp³-hybridized carbons (Fsp3) is 0.0769. The number of rotatable bonds is 3. The number of nitrogens with zero attached hydrogens (tertiary/aromatic N) is 1. The lowest BCUT2D eigenvalue weighted by Gasteiger charge is -2.11. The van der Waals surface area contributed by atoms with E-state index in [0.29, 0.717) is 11.3 Å². The van der Waals surface area contributed by atoms with Gasteiger partial charge in [0.25, 0.3) is 5.91 Å². The normalized spacial score (nSPS) is 10.1. The van der Waals surface area contributed by atoms with Crippen LogP contribution in [0.4, 0.5) is 11.4 Å². The zero-order valence-corrected chi connectivity index (χ0v) is 11.9. The summed E-state index contributed by atoms with van der Waals surface area (Å²) in [5.41, 5.74) is 5.11. The first-order valence-electron chi connectivity index (χ1n) is 5.60. The third-order valence-electron chi connectivity index (χ3n) is 2.66. The van der Waals surface area contributed by atoms with Crippen LogP contribution in [0.25, 0.3) is 0 Å². The lowest BCUT2D eigenvalue weighted by Crippen LogP contribution is -2.17. The molecule has 0 unspecified atom stereocenters. The molecule has 0 aliphatic heterocycles. The minimum Gasteiger partial charge on any atom is -0.322 e. The molecule has 0 atom stereocenters. The van der Waals surface area contributed by atoms with E-state index in [0.717, 1.165) is 15.7 Å². The van der Waals surface area contributed by atoms with Crippen molar-refractivity contribution >= 4 is 33.2 Å². The van der Waals surface area contributed by atoms with E-state index in [-0.39, 0.29) is 5.91 Å². The molecule has 98 valence electrons. The molecule has 4 N–H and O–H groups in total. The van der Waals surface area contributed by atoms with E-state index in [2.05, 4.69) is 31.7 Å². The minimum atomic E-state index is -0.235. The van der Waals surface area contributed by atoms with E-state index in [1.807, 2.05) is 25.1 Å². The molecule has 19 heavy (non-hydrogen) atoms. The van der Waals surface area contributed by atoms with E-state index in [4.69, 9.17) is 5.84 Å². The maximum Gasteiger partial charge on any atom is 0.257 e. The van der Waals surface area contributed by atoms with Crippen molar-refractivity contribution in [2.75, 3.05) is 10.7 Å². The number of hydrogen-bond donors (Lipinski definition) is 3. The molecular weight excluding hydrogens is 308 g/mol. The van der Waals surface area contributed by atoms with Gasteiger partial charge >= 0.3 is 0 Å². The first-order chi connectivity index (χ1) is 9.11. The number of halogens is 1. The SMILES string of the molecule is Cc1cc(Br)ccc1NC(=O)c1ccncc1NN.